The second kappa shape index (κ2) is 6.26. The molecular formula is C14H24N2O3. The molecule has 1 aliphatic carbocycles. The van der Waals surface area contributed by atoms with E-state index in [1.165, 1.54) is 12.8 Å². The van der Waals surface area contributed by atoms with Gasteiger partial charge in [-0.15, -0.1) is 0 Å². The first-order chi connectivity index (χ1) is 9.04. The van der Waals surface area contributed by atoms with Gasteiger partial charge in [0.15, 0.2) is 0 Å². The van der Waals surface area contributed by atoms with E-state index in [2.05, 4.69) is 12.2 Å². The van der Waals surface area contributed by atoms with Gasteiger partial charge in [-0.05, 0) is 31.1 Å². The Balaban J connectivity index is 1.76. The van der Waals surface area contributed by atoms with E-state index in [4.69, 9.17) is 5.11 Å². The molecule has 0 bridgehead atoms. The van der Waals surface area contributed by atoms with Gasteiger partial charge in [0.05, 0.1) is 0 Å². The van der Waals surface area contributed by atoms with Crippen LogP contribution in [0, 0.1) is 11.8 Å². The number of carbonyl (C=O) groups is 2. The number of hydrogen-bond acceptors (Lipinski definition) is 2. The fourth-order valence-corrected chi connectivity index (χ4v) is 3.26. The Morgan fingerprint density at radius 2 is 2.11 bits per heavy atom. The van der Waals surface area contributed by atoms with E-state index in [0.29, 0.717) is 25.0 Å². The lowest BCUT2D eigenvalue weighted by atomic mass is 9.87. The molecule has 1 saturated carbocycles. The summed E-state index contributed by atoms with van der Waals surface area (Å²) in [5.41, 5.74) is 0. The number of nitrogens with one attached hydrogen (secondary N) is 1. The van der Waals surface area contributed by atoms with E-state index < -0.39 is 5.97 Å². The normalized spacial score (nSPS) is 31.2. The Morgan fingerprint density at radius 1 is 1.32 bits per heavy atom. The number of carboxylic acid groups (broad SMARTS) is 1. The summed E-state index contributed by atoms with van der Waals surface area (Å²) in [5.74, 6) is 0.0410. The number of urea groups is 1. The Hall–Kier alpha value is -1.26. The molecule has 3 atom stereocenters. The summed E-state index contributed by atoms with van der Waals surface area (Å²) in [7, 11) is 0. The topological polar surface area (TPSA) is 69.6 Å². The lowest BCUT2D eigenvalue weighted by Gasteiger charge is -2.29. The quantitative estimate of drug-likeness (QED) is 0.823. The van der Waals surface area contributed by atoms with Crippen LogP contribution < -0.4 is 5.32 Å². The summed E-state index contributed by atoms with van der Waals surface area (Å²) < 4.78 is 0. The van der Waals surface area contributed by atoms with E-state index in [9.17, 15) is 9.59 Å². The van der Waals surface area contributed by atoms with Crippen LogP contribution in [0.5, 0.6) is 0 Å². The van der Waals surface area contributed by atoms with Crippen molar-refractivity contribution in [3.8, 4) is 0 Å². The maximum atomic E-state index is 12.1. The molecule has 2 aliphatic rings. The maximum absolute atomic E-state index is 12.1. The van der Waals surface area contributed by atoms with Crippen molar-refractivity contribution in [2.75, 3.05) is 13.1 Å². The molecular weight excluding hydrogens is 244 g/mol. The summed E-state index contributed by atoms with van der Waals surface area (Å²) >= 11 is 0. The van der Waals surface area contributed by atoms with Crippen molar-refractivity contribution >= 4 is 12.0 Å². The maximum Gasteiger partial charge on any atom is 0.317 e. The van der Waals surface area contributed by atoms with Gasteiger partial charge in [0.25, 0.3) is 0 Å². The molecule has 5 heteroatoms. The molecule has 2 N–H and O–H groups in total. The molecule has 0 radical (unpaired) electrons. The molecule has 0 aromatic carbocycles. The summed E-state index contributed by atoms with van der Waals surface area (Å²) in [6.07, 6.45) is 5.57. The van der Waals surface area contributed by atoms with Gasteiger partial charge in [0, 0.05) is 25.6 Å². The van der Waals surface area contributed by atoms with Gasteiger partial charge in [-0.3, -0.25) is 4.79 Å². The van der Waals surface area contributed by atoms with Crippen LogP contribution in [0.2, 0.25) is 0 Å². The van der Waals surface area contributed by atoms with Crippen molar-refractivity contribution in [3.63, 3.8) is 0 Å². The first-order valence-corrected chi connectivity index (χ1v) is 7.32. The van der Waals surface area contributed by atoms with Crippen LogP contribution in [0.15, 0.2) is 0 Å². The first-order valence-electron chi connectivity index (χ1n) is 7.32. The third-order valence-corrected chi connectivity index (χ3v) is 4.30. The molecule has 5 nitrogen and oxygen atoms in total. The van der Waals surface area contributed by atoms with Crippen molar-refractivity contribution in [2.24, 2.45) is 11.8 Å². The van der Waals surface area contributed by atoms with Gasteiger partial charge in [-0.2, -0.15) is 0 Å². The minimum absolute atomic E-state index is 0.00742. The molecule has 3 unspecified atom stereocenters. The van der Waals surface area contributed by atoms with E-state index in [1.807, 2.05) is 0 Å². The molecule has 1 aliphatic heterocycles. The van der Waals surface area contributed by atoms with E-state index in [-0.39, 0.29) is 18.4 Å². The molecule has 1 saturated heterocycles. The highest BCUT2D eigenvalue weighted by Gasteiger charge is 2.29. The fraction of sp³-hybridized carbons (Fsp3) is 0.857. The number of carbonyl (C=O) groups excluding carboxylic acids is 1. The largest absolute Gasteiger partial charge is 0.481 e. The second-order valence-corrected chi connectivity index (χ2v) is 6.12. The lowest BCUT2D eigenvalue weighted by molar-refractivity contribution is -0.138. The number of carboxylic acids is 1. The Bertz CT molecular complexity index is 346. The van der Waals surface area contributed by atoms with Gasteiger partial charge >= 0.3 is 12.0 Å². The van der Waals surface area contributed by atoms with Gasteiger partial charge in [-0.1, -0.05) is 19.8 Å². The average Bonchev–Trinajstić information content (AvgIpc) is 2.76. The van der Waals surface area contributed by atoms with Crippen LogP contribution in [0.25, 0.3) is 0 Å². The zero-order valence-electron chi connectivity index (χ0n) is 11.6. The van der Waals surface area contributed by atoms with Crippen molar-refractivity contribution in [1.82, 2.24) is 10.2 Å². The monoisotopic (exact) mass is 268 g/mol. The Labute approximate surface area is 114 Å². The zero-order chi connectivity index (χ0) is 13.8. The number of amides is 2. The molecule has 0 spiro atoms. The van der Waals surface area contributed by atoms with Crippen LogP contribution in [0.4, 0.5) is 4.79 Å². The van der Waals surface area contributed by atoms with Gasteiger partial charge in [0.1, 0.15) is 0 Å². The fourth-order valence-electron chi connectivity index (χ4n) is 3.26. The van der Waals surface area contributed by atoms with Gasteiger partial charge in [-0.25, -0.2) is 4.79 Å². The smallest absolute Gasteiger partial charge is 0.317 e. The highest BCUT2D eigenvalue weighted by Crippen LogP contribution is 2.24. The predicted octanol–water partition coefficient (Wildman–Crippen LogP) is 2.07. The molecule has 2 fully saturated rings. The van der Waals surface area contributed by atoms with Crippen LogP contribution in [-0.2, 0) is 4.79 Å². The van der Waals surface area contributed by atoms with Crippen molar-refractivity contribution in [2.45, 2.75) is 51.5 Å². The number of nitrogens with zero attached hydrogens (tertiary/aromatic N) is 1. The predicted molar refractivity (Wildman–Crippen MR) is 71.9 cm³/mol. The third kappa shape index (κ3) is 4.11. The highest BCUT2D eigenvalue weighted by atomic mass is 16.4. The Kier molecular flexibility index (Phi) is 4.66. The van der Waals surface area contributed by atoms with Gasteiger partial charge in [0.2, 0.25) is 0 Å². The lowest BCUT2D eigenvalue weighted by Crippen LogP contribution is -2.45. The Morgan fingerprint density at radius 3 is 2.79 bits per heavy atom. The molecule has 2 amide bonds. The number of likely N-dealkylation sites (tertiary alicyclic amines) is 1. The van der Waals surface area contributed by atoms with Crippen molar-refractivity contribution < 1.29 is 14.7 Å². The number of hydrogen-bond donors (Lipinski definition) is 2. The molecule has 0 aromatic heterocycles. The molecule has 108 valence electrons. The molecule has 0 aromatic rings. The highest BCUT2D eigenvalue weighted by molar-refractivity contribution is 5.75. The molecule has 19 heavy (non-hydrogen) atoms. The zero-order valence-corrected chi connectivity index (χ0v) is 11.6. The van der Waals surface area contributed by atoms with Crippen molar-refractivity contribution in [1.29, 1.82) is 0 Å². The summed E-state index contributed by atoms with van der Waals surface area (Å²) in [4.78, 5) is 24.6. The minimum atomic E-state index is -0.770. The van der Waals surface area contributed by atoms with Crippen LogP contribution in [0.3, 0.4) is 0 Å². The summed E-state index contributed by atoms with van der Waals surface area (Å²) in [6, 6.07) is 0.293. The average molecular weight is 268 g/mol. The van der Waals surface area contributed by atoms with E-state index in [0.717, 1.165) is 19.3 Å². The SMILES string of the molecule is CC1CCCC(NC(=O)N2CCC(CC(=O)O)C2)C1. The van der Waals surface area contributed by atoms with Crippen LogP contribution in [-0.4, -0.2) is 41.1 Å². The standard InChI is InChI=1S/C14H24N2O3/c1-10-3-2-4-12(7-10)15-14(19)16-6-5-11(9-16)8-13(17)18/h10-12H,2-9H2,1H3,(H,15,19)(H,17,18). The van der Waals surface area contributed by atoms with Crippen LogP contribution >= 0.6 is 0 Å². The van der Waals surface area contributed by atoms with Crippen LogP contribution in [0.1, 0.15) is 45.4 Å². The third-order valence-electron chi connectivity index (χ3n) is 4.30. The van der Waals surface area contributed by atoms with E-state index >= 15 is 0 Å². The van der Waals surface area contributed by atoms with E-state index in [1.54, 1.807) is 4.90 Å². The summed E-state index contributed by atoms with van der Waals surface area (Å²) in [5, 5.41) is 11.9. The minimum Gasteiger partial charge on any atom is -0.481 e. The number of rotatable bonds is 3. The van der Waals surface area contributed by atoms with Crippen molar-refractivity contribution in [3.05, 3.63) is 0 Å². The number of aliphatic carboxylic acids is 1. The molecule has 2 rings (SSSR count). The first kappa shape index (κ1) is 14.2. The summed E-state index contributed by atoms with van der Waals surface area (Å²) in [6.45, 7) is 3.50. The second-order valence-electron chi connectivity index (χ2n) is 6.12. The van der Waals surface area contributed by atoms with Gasteiger partial charge < -0.3 is 15.3 Å². The molecule has 1 heterocycles.